The number of halogens is 1. The Morgan fingerprint density at radius 3 is 2.48 bits per heavy atom. The first-order valence-electron chi connectivity index (χ1n) is 10.0. The topological polar surface area (TPSA) is 94.5 Å². The van der Waals surface area contributed by atoms with Gasteiger partial charge in [-0.05, 0) is 58.2 Å². The third kappa shape index (κ3) is 5.11. The summed E-state index contributed by atoms with van der Waals surface area (Å²) in [5.74, 6) is -0.496. The number of rotatable bonds is 3. The lowest BCUT2D eigenvalue weighted by Crippen LogP contribution is -2.50. The molecule has 2 aliphatic heterocycles. The van der Waals surface area contributed by atoms with Gasteiger partial charge in [-0.3, -0.25) is 0 Å². The Balaban J connectivity index is 1.70. The SMILES string of the molecule is COC1=NS(=O)(=O)[C@H](Cc2ccc(C3CN(C(=O)OC(C)(C)C)C3)cc2F)C(C)(C)O1. The molecule has 1 amide bonds. The van der Waals surface area contributed by atoms with E-state index < -0.39 is 32.3 Å². The number of likely N-dealkylation sites (tertiary alicyclic amines) is 1. The molecule has 2 aliphatic rings. The molecular weight excluding hydrogens is 427 g/mol. The molecule has 0 aromatic heterocycles. The number of sulfonamides is 1. The van der Waals surface area contributed by atoms with Crippen molar-refractivity contribution in [3.63, 3.8) is 0 Å². The van der Waals surface area contributed by atoms with Crippen LogP contribution in [0.5, 0.6) is 0 Å². The fraction of sp³-hybridized carbons (Fsp3) is 0.619. The molecule has 1 saturated heterocycles. The lowest BCUT2D eigenvalue weighted by Gasteiger charge is -2.40. The van der Waals surface area contributed by atoms with E-state index in [1.807, 2.05) is 0 Å². The summed E-state index contributed by atoms with van der Waals surface area (Å²) in [4.78, 5) is 13.6. The molecule has 0 N–H and O–H groups in total. The predicted octanol–water partition coefficient (Wildman–Crippen LogP) is 3.21. The number of methoxy groups -OCH3 is 1. The summed E-state index contributed by atoms with van der Waals surface area (Å²) in [5, 5.41) is -1.06. The van der Waals surface area contributed by atoms with Gasteiger partial charge in [0.15, 0.2) is 0 Å². The zero-order valence-electron chi connectivity index (χ0n) is 18.6. The molecule has 0 saturated carbocycles. The first-order valence-corrected chi connectivity index (χ1v) is 11.6. The van der Waals surface area contributed by atoms with Crippen LogP contribution in [-0.4, -0.2) is 62.1 Å². The molecule has 0 spiro atoms. The molecule has 1 aromatic rings. The minimum atomic E-state index is -3.95. The Bertz CT molecular complexity index is 994. The van der Waals surface area contributed by atoms with Gasteiger partial charge >= 0.3 is 12.2 Å². The summed E-state index contributed by atoms with van der Waals surface area (Å²) in [5.41, 5.74) is -0.698. The van der Waals surface area contributed by atoms with E-state index in [4.69, 9.17) is 14.2 Å². The van der Waals surface area contributed by atoms with Gasteiger partial charge in [-0.15, -0.1) is 0 Å². The minimum absolute atomic E-state index is 0.00289. The first-order chi connectivity index (χ1) is 14.2. The maximum atomic E-state index is 14.8. The van der Waals surface area contributed by atoms with E-state index in [1.54, 1.807) is 51.7 Å². The highest BCUT2D eigenvalue weighted by atomic mass is 32.2. The molecule has 0 unspecified atom stereocenters. The van der Waals surface area contributed by atoms with Gasteiger partial charge in [-0.1, -0.05) is 16.5 Å². The highest BCUT2D eigenvalue weighted by Gasteiger charge is 2.47. The molecule has 1 fully saturated rings. The van der Waals surface area contributed by atoms with Gasteiger partial charge in [0, 0.05) is 19.0 Å². The minimum Gasteiger partial charge on any atom is -0.453 e. The van der Waals surface area contributed by atoms with Crippen LogP contribution in [0.15, 0.2) is 22.6 Å². The van der Waals surface area contributed by atoms with Crippen LogP contribution in [0.4, 0.5) is 9.18 Å². The number of hydrogen-bond acceptors (Lipinski definition) is 6. The summed E-state index contributed by atoms with van der Waals surface area (Å²) in [6.07, 6.45) is -0.797. The molecule has 1 atom stereocenters. The van der Waals surface area contributed by atoms with Crippen molar-refractivity contribution in [3.8, 4) is 0 Å². The Morgan fingerprint density at radius 2 is 1.97 bits per heavy atom. The van der Waals surface area contributed by atoms with Crippen molar-refractivity contribution in [2.24, 2.45) is 4.40 Å². The Labute approximate surface area is 182 Å². The molecule has 2 heterocycles. The molecule has 0 aliphatic carbocycles. The van der Waals surface area contributed by atoms with Crippen molar-refractivity contribution < 1.29 is 31.8 Å². The molecule has 8 nitrogen and oxygen atoms in total. The summed E-state index contributed by atoms with van der Waals surface area (Å²) < 4.78 is 59.2. The van der Waals surface area contributed by atoms with Crippen LogP contribution in [0.1, 0.15) is 51.7 Å². The second-order valence-corrected chi connectivity index (χ2v) is 11.2. The van der Waals surface area contributed by atoms with E-state index in [0.29, 0.717) is 13.1 Å². The van der Waals surface area contributed by atoms with Gasteiger partial charge in [0.25, 0.3) is 10.0 Å². The van der Waals surface area contributed by atoms with E-state index in [0.717, 1.165) is 5.56 Å². The lowest BCUT2D eigenvalue weighted by molar-refractivity contribution is 0.00817. The summed E-state index contributed by atoms with van der Waals surface area (Å²) in [7, 11) is -2.67. The zero-order chi connectivity index (χ0) is 23.2. The van der Waals surface area contributed by atoms with Crippen LogP contribution in [0.3, 0.4) is 0 Å². The van der Waals surface area contributed by atoms with E-state index in [2.05, 4.69) is 4.40 Å². The smallest absolute Gasteiger partial charge is 0.410 e. The maximum Gasteiger partial charge on any atom is 0.410 e. The van der Waals surface area contributed by atoms with E-state index >= 15 is 0 Å². The highest BCUT2D eigenvalue weighted by Crippen LogP contribution is 2.33. The first kappa shape index (κ1) is 23.3. The number of amides is 1. The molecule has 1 aromatic carbocycles. The van der Waals surface area contributed by atoms with Crippen molar-refractivity contribution in [3.05, 3.63) is 35.1 Å². The predicted molar refractivity (Wildman–Crippen MR) is 113 cm³/mol. The van der Waals surface area contributed by atoms with Crippen molar-refractivity contribution in [2.45, 2.75) is 63.4 Å². The van der Waals surface area contributed by atoms with Crippen molar-refractivity contribution >= 4 is 22.2 Å². The Hall–Kier alpha value is -2.36. The number of nitrogens with zero attached hydrogens (tertiary/aromatic N) is 2. The monoisotopic (exact) mass is 456 g/mol. The van der Waals surface area contributed by atoms with Crippen molar-refractivity contribution in [1.82, 2.24) is 4.90 Å². The molecule has 172 valence electrons. The fourth-order valence-corrected chi connectivity index (χ4v) is 5.22. The van der Waals surface area contributed by atoms with Crippen molar-refractivity contribution in [1.29, 1.82) is 0 Å². The lowest BCUT2D eigenvalue weighted by atomic mass is 9.90. The highest BCUT2D eigenvalue weighted by molar-refractivity contribution is 7.91. The third-order valence-corrected chi connectivity index (χ3v) is 7.21. The van der Waals surface area contributed by atoms with Gasteiger partial charge in [0.1, 0.15) is 22.3 Å². The molecule has 3 rings (SSSR count). The molecule has 0 radical (unpaired) electrons. The molecule has 31 heavy (non-hydrogen) atoms. The van der Waals surface area contributed by atoms with Crippen LogP contribution >= 0.6 is 0 Å². The zero-order valence-corrected chi connectivity index (χ0v) is 19.5. The van der Waals surface area contributed by atoms with Gasteiger partial charge in [-0.25, -0.2) is 17.6 Å². The summed E-state index contributed by atoms with van der Waals surface area (Å²) in [6.45, 7) is 9.51. The number of carbonyl (C=O) groups excluding carboxylic acids is 1. The van der Waals surface area contributed by atoms with Gasteiger partial charge in [0.05, 0.1) is 7.11 Å². The molecular formula is C21H29FN2O6S. The molecule has 0 bridgehead atoms. The van der Waals surface area contributed by atoms with Gasteiger partial charge in [-0.2, -0.15) is 0 Å². The standard InChI is InChI=1S/C21H29FN2O6S/c1-20(2,3)30-19(25)24-11-15(12-24)13-7-8-14(16(22)9-13)10-17-21(4,5)29-18(28-6)23-31(17,26)27/h7-9,15,17H,10-12H2,1-6H3/t17-/m1/s1. The van der Waals surface area contributed by atoms with Crippen LogP contribution < -0.4 is 0 Å². The second-order valence-electron chi connectivity index (χ2n) is 9.41. The van der Waals surface area contributed by atoms with E-state index in [9.17, 15) is 17.6 Å². The average molecular weight is 457 g/mol. The van der Waals surface area contributed by atoms with Gasteiger partial charge in [0.2, 0.25) is 0 Å². The Kier molecular flexibility index (Phi) is 5.98. The Morgan fingerprint density at radius 1 is 1.32 bits per heavy atom. The normalized spacial score (nSPS) is 22.7. The number of ether oxygens (including phenoxy) is 3. The van der Waals surface area contributed by atoms with Crippen LogP contribution in [-0.2, 0) is 30.7 Å². The largest absolute Gasteiger partial charge is 0.453 e. The second kappa shape index (κ2) is 7.96. The van der Waals surface area contributed by atoms with Crippen LogP contribution in [0, 0.1) is 5.82 Å². The number of hydrogen-bond donors (Lipinski definition) is 0. The van der Waals surface area contributed by atoms with Crippen LogP contribution in [0.25, 0.3) is 0 Å². The van der Waals surface area contributed by atoms with Crippen LogP contribution in [0.2, 0.25) is 0 Å². The van der Waals surface area contributed by atoms with E-state index in [-0.39, 0.29) is 30.1 Å². The van der Waals surface area contributed by atoms with Gasteiger partial charge < -0.3 is 19.1 Å². The van der Waals surface area contributed by atoms with E-state index in [1.165, 1.54) is 13.2 Å². The summed E-state index contributed by atoms with van der Waals surface area (Å²) >= 11 is 0. The fourth-order valence-electron chi connectivity index (χ4n) is 3.61. The van der Waals surface area contributed by atoms with Crippen molar-refractivity contribution in [2.75, 3.05) is 20.2 Å². The number of carbonyl (C=O) groups is 1. The molecule has 10 heteroatoms. The summed E-state index contributed by atoms with van der Waals surface area (Å²) in [6, 6.07) is 4.75. The quantitative estimate of drug-likeness (QED) is 0.693. The third-order valence-electron chi connectivity index (χ3n) is 5.35. The number of benzene rings is 1. The average Bonchev–Trinajstić information content (AvgIpc) is 2.55. The maximum absolute atomic E-state index is 14.8.